The van der Waals surface area contributed by atoms with Crippen molar-refractivity contribution in [2.45, 2.75) is 13.3 Å². The quantitative estimate of drug-likeness (QED) is 0.128. The van der Waals surface area contributed by atoms with Crippen molar-refractivity contribution < 1.29 is 4.74 Å². The van der Waals surface area contributed by atoms with Crippen LogP contribution in [0.3, 0.4) is 0 Å². The first-order valence-corrected chi connectivity index (χ1v) is 17.2. The van der Waals surface area contributed by atoms with Crippen LogP contribution < -0.4 is 4.74 Å². The van der Waals surface area contributed by atoms with E-state index in [2.05, 4.69) is 140 Å². The van der Waals surface area contributed by atoms with Crippen LogP contribution >= 0.6 is 0 Å². The van der Waals surface area contributed by atoms with E-state index in [0.717, 1.165) is 67.5 Å². The van der Waals surface area contributed by atoms with Crippen molar-refractivity contribution in [3.63, 3.8) is 0 Å². The van der Waals surface area contributed by atoms with Gasteiger partial charge >= 0.3 is 0 Å². The highest BCUT2D eigenvalue weighted by molar-refractivity contribution is 6.23. The van der Waals surface area contributed by atoms with E-state index >= 15 is 0 Å². The normalized spacial score (nSPS) is 11.5. The van der Waals surface area contributed by atoms with Crippen LogP contribution in [0.5, 0.6) is 5.75 Å². The number of hydrogen-bond acceptors (Lipinski definition) is 4. The Hall–Kier alpha value is -6.39. The minimum absolute atomic E-state index is 0.654. The first-order valence-electron chi connectivity index (χ1n) is 17.2. The lowest BCUT2D eigenvalue weighted by molar-refractivity contribution is 0.320. The summed E-state index contributed by atoms with van der Waals surface area (Å²) in [6.07, 6.45) is 2.79. The van der Waals surface area contributed by atoms with Gasteiger partial charge in [0.05, 0.1) is 18.0 Å². The molecule has 0 spiro atoms. The Morgan fingerprint density at radius 3 is 1.94 bits per heavy atom. The Labute approximate surface area is 290 Å². The average molecular weight is 644 g/mol. The van der Waals surface area contributed by atoms with Gasteiger partial charge in [-0.1, -0.05) is 128 Å². The van der Waals surface area contributed by atoms with Crippen molar-refractivity contribution in [1.29, 1.82) is 0 Å². The van der Waals surface area contributed by atoms with Crippen LogP contribution in [0.4, 0.5) is 0 Å². The van der Waals surface area contributed by atoms with Gasteiger partial charge in [-0.25, -0.2) is 9.97 Å². The molecule has 0 radical (unpaired) electrons. The highest BCUT2D eigenvalue weighted by atomic mass is 16.5. The SMILES string of the molecule is CCCOc1ccc(-c2c3ccccc3cc3c2ccc2c(-c4nc(-c5ccccc5)cc(-c5ccccc5)n4)cccc23)c2cccnc12. The summed E-state index contributed by atoms with van der Waals surface area (Å²) in [6.45, 7) is 2.78. The molecule has 238 valence electrons. The van der Waals surface area contributed by atoms with Gasteiger partial charge in [0, 0.05) is 28.3 Å². The number of benzene rings is 7. The van der Waals surface area contributed by atoms with E-state index in [9.17, 15) is 0 Å². The number of nitrogens with zero attached hydrogens (tertiary/aromatic N) is 3. The summed E-state index contributed by atoms with van der Waals surface area (Å²) < 4.78 is 6.15. The Kier molecular flexibility index (Phi) is 7.47. The molecular weight excluding hydrogens is 611 g/mol. The largest absolute Gasteiger partial charge is 0.491 e. The molecule has 0 bridgehead atoms. The highest BCUT2D eigenvalue weighted by Gasteiger charge is 2.19. The maximum Gasteiger partial charge on any atom is 0.161 e. The van der Waals surface area contributed by atoms with Crippen LogP contribution in [0.2, 0.25) is 0 Å². The molecule has 0 fully saturated rings. The number of rotatable bonds is 7. The van der Waals surface area contributed by atoms with Gasteiger partial charge in [0.15, 0.2) is 5.82 Å². The second-order valence-corrected chi connectivity index (χ2v) is 12.6. The lowest BCUT2D eigenvalue weighted by Gasteiger charge is -2.17. The van der Waals surface area contributed by atoms with Crippen molar-refractivity contribution in [1.82, 2.24) is 15.0 Å². The maximum atomic E-state index is 6.15. The molecule has 9 rings (SSSR count). The zero-order chi connectivity index (χ0) is 33.4. The lowest BCUT2D eigenvalue weighted by atomic mass is 9.87. The molecule has 2 heterocycles. The van der Waals surface area contributed by atoms with Gasteiger partial charge in [0.1, 0.15) is 11.3 Å². The third kappa shape index (κ3) is 5.13. The number of hydrogen-bond donors (Lipinski definition) is 0. The topological polar surface area (TPSA) is 47.9 Å². The number of ether oxygens (including phenoxy) is 1. The fraction of sp³-hybridized carbons (Fsp3) is 0.0652. The molecule has 0 aliphatic rings. The standard InChI is InChI=1S/C46H33N3O/c1-2-27-50-43-25-24-36(38-21-12-26-47-45(38)43)44-33-18-10-9-17-32(33)28-40-34-19-11-20-39(35(34)22-23-37(40)44)46-48-41(30-13-5-3-6-14-30)29-42(49-46)31-15-7-4-8-16-31/h3-26,28-29H,2,27H2,1H3. The van der Waals surface area contributed by atoms with E-state index in [4.69, 9.17) is 19.7 Å². The molecule has 0 aliphatic carbocycles. The van der Waals surface area contributed by atoms with E-state index < -0.39 is 0 Å². The third-order valence-electron chi connectivity index (χ3n) is 9.47. The van der Waals surface area contributed by atoms with Gasteiger partial charge in [-0.15, -0.1) is 0 Å². The summed E-state index contributed by atoms with van der Waals surface area (Å²) in [5, 5.41) is 8.10. The molecule has 7 aromatic carbocycles. The van der Waals surface area contributed by atoms with E-state index in [1.165, 1.54) is 27.1 Å². The van der Waals surface area contributed by atoms with Crippen molar-refractivity contribution in [2.24, 2.45) is 0 Å². The van der Waals surface area contributed by atoms with Crippen LogP contribution in [0.25, 0.3) is 88.2 Å². The minimum Gasteiger partial charge on any atom is -0.491 e. The monoisotopic (exact) mass is 643 g/mol. The smallest absolute Gasteiger partial charge is 0.161 e. The molecular formula is C46H33N3O. The van der Waals surface area contributed by atoms with Gasteiger partial charge in [-0.3, -0.25) is 4.98 Å². The Morgan fingerprint density at radius 1 is 0.500 bits per heavy atom. The van der Waals surface area contributed by atoms with E-state index in [0.29, 0.717) is 12.4 Å². The Morgan fingerprint density at radius 2 is 1.18 bits per heavy atom. The van der Waals surface area contributed by atoms with Gasteiger partial charge in [0.2, 0.25) is 0 Å². The van der Waals surface area contributed by atoms with E-state index in [1.807, 2.05) is 24.4 Å². The Bertz CT molecular complexity index is 2630. The van der Waals surface area contributed by atoms with Crippen molar-refractivity contribution >= 4 is 43.2 Å². The zero-order valence-electron chi connectivity index (χ0n) is 27.7. The summed E-state index contributed by atoms with van der Waals surface area (Å²) in [7, 11) is 0. The number of aromatic nitrogens is 3. The third-order valence-corrected chi connectivity index (χ3v) is 9.47. The zero-order valence-corrected chi connectivity index (χ0v) is 27.7. The second kappa shape index (κ2) is 12.6. The molecule has 4 heteroatoms. The fourth-order valence-electron chi connectivity index (χ4n) is 7.17. The maximum absolute atomic E-state index is 6.15. The second-order valence-electron chi connectivity index (χ2n) is 12.6. The van der Waals surface area contributed by atoms with Crippen LogP contribution in [0.1, 0.15) is 13.3 Å². The molecule has 0 saturated carbocycles. The molecule has 2 aromatic heterocycles. The van der Waals surface area contributed by atoms with Crippen molar-refractivity contribution in [3.8, 4) is 50.8 Å². The van der Waals surface area contributed by atoms with Gasteiger partial charge < -0.3 is 4.74 Å². The molecule has 0 unspecified atom stereocenters. The predicted octanol–water partition coefficient (Wildman–Crippen LogP) is 11.9. The van der Waals surface area contributed by atoms with Gasteiger partial charge in [0.25, 0.3) is 0 Å². The van der Waals surface area contributed by atoms with Crippen molar-refractivity contribution in [2.75, 3.05) is 6.61 Å². The first-order chi connectivity index (χ1) is 24.8. The minimum atomic E-state index is 0.654. The lowest BCUT2D eigenvalue weighted by Crippen LogP contribution is -1.98. The molecule has 0 N–H and O–H groups in total. The van der Waals surface area contributed by atoms with Crippen LogP contribution in [0, 0.1) is 0 Å². The summed E-state index contributed by atoms with van der Waals surface area (Å²) in [5.74, 6) is 1.52. The van der Waals surface area contributed by atoms with Crippen LogP contribution in [-0.4, -0.2) is 21.6 Å². The molecule has 0 saturated heterocycles. The fourth-order valence-corrected chi connectivity index (χ4v) is 7.17. The van der Waals surface area contributed by atoms with E-state index in [-0.39, 0.29) is 0 Å². The summed E-state index contributed by atoms with van der Waals surface area (Å²) in [5.41, 5.74) is 8.12. The van der Waals surface area contributed by atoms with Gasteiger partial charge in [-0.05, 0) is 80.2 Å². The predicted molar refractivity (Wildman–Crippen MR) is 207 cm³/mol. The molecule has 0 atom stereocenters. The number of pyridine rings is 1. The molecule has 9 aromatic rings. The summed E-state index contributed by atoms with van der Waals surface area (Å²) >= 11 is 0. The summed E-state index contributed by atoms with van der Waals surface area (Å²) in [4.78, 5) is 15.2. The van der Waals surface area contributed by atoms with Gasteiger partial charge in [-0.2, -0.15) is 0 Å². The average Bonchev–Trinajstić information content (AvgIpc) is 3.19. The first kappa shape index (κ1) is 29.7. The Balaban J connectivity index is 1.30. The van der Waals surface area contributed by atoms with E-state index in [1.54, 1.807) is 0 Å². The highest BCUT2D eigenvalue weighted by Crippen LogP contribution is 2.44. The van der Waals surface area contributed by atoms with Crippen LogP contribution in [0.15, 0.2) is 158 Å². The van der Waals surface area contributed by atoms with Crippen LogP contribution in [-0.2, 0) is 0 Å². The van der Waals surface area contributed by atoms with Crippen molar-refractivity contribution in [3.05, 3.63) is 158 Å². The number of fused-ring (bicyclic) bond motifs is 5. The summed E-state index contributed by atoms with van der Waals surface area (Å²) in [6, 6.07) is 53.2. The molecule has 0 amide bonds. The molecule has 0 aliphatic heterocycles. The molecule has 4 nitrogen and oxygen atoms in total. The molecule has 50 heavy (non-hydrogen) atoms.